The number of benzene rings is 1. The summed E-state index contributed by atoms with van der Waals surface area (Å²) in [7, 11) is -3.01. The third-order valence-electron chi connectivity index (χ3n) is 3.03. The predicted octanol–water partition coefficient (Wildman–Crippen LogP) is 0.754. The molecule has 1 heterocycles. The Balaban J connectivity index is 2.18. The fourth-order valence-corrected chi connectivity index (χ4v) is 4.09. The Labute approximate surface area is 99.9 Å². The average Bonchev–Trinajstić information content (AvgIpc) is 2.59. The second-order valence-electron chi connectivity index (χ2n) is 4.46. The summed E-state index contributed by atoms with van der Waals surface area (Å²) >= 11 is 0. The van der Waals surface area contributed by atoms with Gasteiger partial charge in [0.1, 0.15) is 5.82 Å². The van der Waals surface area contributed by atoms with Gasteiger partial charge in [-0.05, 0) is 30.7 Å². The van der Waals surface area contributed by atoms with Gasteiger partial charge in [-0.25, -0.2) is 12.8 Å². The van der Waals surface area contributed by atoms with E-state index in [4.69, 9.17) is 5.73 Å². The molecule has 1 aromatic carbocycles. The van der Waals surface area contributed by atoms with Crippen molar-refractivity contribution < 1.29 is 12.8 Å². The molecule has 1 aliphatic heterocycles. The summed E-state index contributed by atoms with van der Waals surface area (Å²) < 4.78 is 35.7. The number of sulfone groups is 1. The Morgan fingerprint density at radius 2 is 2.00 bits per heavy atom. The largest absolute Gasteiger partial charge is 0.377 e. The maximum absolute atomic E-state index is 12.8. The van der Waals surface area contributed by atoms with Crippen molar-refractivity contribution >= 4 is 15.5 Å². The molecule has 0 spiro atoms. The van der Waals surface area contributed by atoms with E-state index in [1.807, 2.05) is 0 Å². The minimum absolute atomic E-state index is 0.0356. The smallest absolute Gasteiger partial charge is 0.152 e. The molecule has 0 amide bonds. The summed E-state index contributed by atoms with van der Waals surface area (Å²) in [5.41, 5.74) is 5.74. The lowest BCUT2D eigenvalue weighted by molar-refractivity contribution is 0.533. The van der Waals surface area contributed by atoms with E-state index in [-0.39, 0.29) is 23.9 Å². The van der Waals surface area contributed by atoms with E-state index in [1.54, 1.807) is 12.1 Å². The Morgan fingerprint density at radius 1 is 1.35 bits per heavy atom. The van der Waals surface area contributed by atoms with Crippen LogP contribution in [0.2, 0.25) is 0 Å². The quantitative estimate of drug-likeness (QED) is 0.839. The predicted molar refractivity (Wildman–Crippen MR) is 65.1 cm³/mol. The van der Waals surface area contributed by atoms with Crippen molar-refractivity contribution in [1.29, 1.82) is 0 Å². The van der Waals surface area contributed by atoms with Crippen LogP contribution in [0.4, 0.5) is 10.1 Å². The van der Waals surface area contributed by atoms with E-state index in [9.17, 15) is 12.8 Å². The van der Waals surface area contributed by atoms with Gasteiger partial charge >= 0.3 is 0 Å². The number of halogens is 1. The maximum atomic E-state index is 12.8. The molecule has 1 atom stereocenters. The molecule has 0 saturated carbocycles. The maximum Gasteiger partial charge on any atom is 0.152 e. The average molecular weight is 258 g/mol. The molecule has 6 heteroatoms. The molecule has 0 aromatic heterocycles. The SMILES string of the molecule is NCC1(Nc2ccc(F)cc2)CCS(=O)(=O)C1. The Kier molecular flexibility index (Phi) is 3.09. The molecule has 17 heavy (non-hydrogen) atoms. The number of rotatable bonds is 3. The number of nitrogens with two attached hydrogens (primary N) is 1. The first-order chi connectivity index (χ1) is 7.95. The lowest BCUT2D eigenvalue weighted by Gasteiger charge is -2.28. The molecule has 3 N–H and O–H groups in total. The van der Waals surface area contributed by atoms with Gasteiger partial charge in [-0.2, -0.15) is 0 Å². The third kappa shape index (κ3) is 2.76. The first kappa shape index (κ1) is 12.3. The molecule has 2 rings (SSSR count). The van der Waals surface area contributed by atoms with Crippen LogP contribution in [0.15, 0.2) is 24.3 Å². The van der Waals surface area contributed by atoms with Crippen molar-refractivity contribution in [2.45, 2.75) is 12.0 Å². The minimum Gasteiger partial charge on any atom is -0.377 e. The van der Waals surface area contributed by atoms with Gasteiger partial charge in [-0.3, -0.25) is 0 Å². The Bertz CT molecular complexity index is 501. The lowest BCUT2D eigenvalue weighted by Crippen LogP contribution is -2.46. The zero-order chi connectivity index (χ0) is 12.5. The van der Waals surface area contributed by atoms with Crippen LogP contribution in [0.25, 0.3) is 0 Å². The molecule has 1 unspecified atom stereocenters. The molecule has 1 aromatic rings. The number of hydrogen-bond acceptors (Lipinski definition) is 4. The molecule has 0 bridgehead atoms. The van der Waals surface area contributed by atoms with Crippen LogP contribution in [-0.2, 0) is 9.84 Å². The van der Waals surface area contributed by atoms with Crippen LogP contribution in [0, 0.1) is 5.82 Å². The summed E-state index contributed by atoms with van der Waals surface area (Å²) in [6, 6.07) is 5.82. The molecule has 1 aliphatic rings. The van der Waals surface area contributed by atoms with Crippen molar-refractivity contribution in [1.82, 2.24) is 0 Å². The first-order valence-corrected chi connectivity index (χ1v) is 7.21. The summed E-state index contributed by atoms with van der Waals surface area (Å²) in [5.74, 6) is -0.136. The summed E-state index contributed by atoms with van der Waals surface area (Å²) in [5, 5.41) is 3.12. The van der Waals surface area contributed by atoms with Crippen LogP contribution in [0.3, 0.4) is 0 Å². The van der Waals surface area contributed by atoms with Crippen molar-refractivity contribution in [3.8, 4) is 0 Å². The van der Waals surface area contributed by atoms with E-state index in [2.05, 4.69) is 5.32 Å². The van der Waals surface area contributed by atoms with E-state index in [1.165, 1.54) is 12.1 Å². The van der Waals surface area contributed by atoms with Gasteiger partial charge in [-0.1, -0.05) is 0 Å². The van der Waals surface area contributed by atoms with Gasteiger partial charge < -0.3 is 11.1 Å². The lowest BCUT2D eigenvalue weighted by atomic mass is 9.99. The highest BCUT2D eigenvalue weighted by atomic mass is 32.2. The Morgan fingerprint density at radius 3 is 2.47 bits per heavy atom. The van der Waals surface area contributed by atoms with Crippen molar-refractivity contribution in [2.75, 3.05) is 23.4 Å². The molecular weight excluding hydrogens is 243 g/mol. The zero-order valence-electron chi connectivity index (χ0n) is 9.32. The minimum atomic E-state index is -3.01. The highest BCUT2D eigenvalue weighted by Gasteiger charge is 2.41. The van der Waals surface area contributed by atoms with Crippen molar-refractivity contribution in [3.63, 3.8) is 0 Å². The van der Waals surface area contributed by atoms with E-state index in [0.717, 1.165) is 0 Å². The van der Waals surface area contributed by atoms with Gasteiger partial charge in [0.25, 0.3) is 0 Å². The summed E-state index contributed by atoms with van der Waals surface area (Å²) in [6.45, 7) is 0.240. The third-order valence-corrected chi connectivity index (χ3v) is 4.85. The van der Waals surface area contributed by atoms with Gasteiger partial charge in [0.15, 0.2) is 9.84 Å². The summed E-state index contributed by atoms with van der Waals surface area (Å²) in [4.78, 5) is 0. The van der Waals surface area contributed by atoms with Crippen LogP contribution in [0.5, 0.6) is 0 Å². The van der Waals surface area contributed by atoms with Gasteiger partial charge in [0.05, 0.1) is 17.0 Å². The number of anilines is 1. The van der Waals surface area contributed by atoms with Gasteiger partial charge in [0.2, 0.25) is 0 Å². The monoisotopic (exact) mass is 258 g/mol. The molecule has 94 valence electrons. The molecule has 1 fully saturated rings. The number of nitrogens with one attached hydrogen (secondary N) is 1. The second-order valence-corrected chi connectivity index (χ2v) is 6.64. The second kappa shape index (κ2) is 4.27. The Hall–Kier alpha value is -1.14. The van der Waals surface area contributed by atoms with E-state index in [0.29, 0.717) is 12.1 Å². The van der Waals surface area contributed by atoms with Crippen LogP contribution >= 0.6 is 0 Å². The summed E-state index contributed by atoms with van der Waals surface area (Å²) in [6.07, 6.45) is 0.489. The highest BCUT2D eigenvalue weighted by Crippen LogP contribution is 2.27. The highest BCUT2D eigenvalue weighted by molar-refractivity contribution is 7.91. The van der Waals surface area contributed by atoms with Gasteiger partial charge in [-0.15, -0.1) is 0 Å². The van der Waals surface area contributed by atoms with Crippen LogP contribution < -0.4 is 11.1 Å². The number of hydrogen-bond donors (Lipinski definition) is 2. The molecular formula is C11H15FN2O2S. The fourth-order valence-electron chi connectivity index (χ4n) is 2.07. The fraction of sp³-hybridized carbons (Fsp3) is 0.455. The standard InChI is InChI=1S/C11H15FN2O2S/c12-9-1-3-10(4-2-9)14-11(7-13)5-6-17(15,16)8-11/h1-4,14H,5-8,13H2. The molecule has 1 saturated heterocycles. The van der Waals surface area contributed by atoms with Crippen LogP contribution in [-0.4, -0.2) is 32.0 Å². The zero-order valence-corrected chi connectivity index (χ0v) is 10.1. The van der Waals surface area contributed by atoms with Crippen LogP contribution in [0.1, 0.15) is 6.42 Å². The topological polar surface area (TPSA) is 72.2 Å². The molecule has 0 radical (unpaired) electrons. The molecule has 0 aliphatic carbocycles. The molecule has 4 nitrogen and oxygen atoms in total. The van der Waals surface area contributed by atoms with Crippen molar-refractivity contribution in [3.05, 3.63) is 30.1 Å². The van der Waals surface area contributed by atoms with Gasteiger partial charge in [0, 0.05) is 12.2 Å². The van der Waals surface area contributed by atoms with Crippen molar-refractivity contribution in [2.24, 2.45) is 5.73 Å². The van der Waals surface area contributed by atoms with E-state index < -0.39 is 15.4 Å². The van der Waals surface area contributed by atoms with E-state index >= 15 is 0 Å². The first-order valence-electron chi connectivity index (χ1n) is 5.39. The normalized spacial score (nSPS) is 26.9.